The van der Waals surface area contributed by atoms with Gasteiger partial charge in [0.15, 0.2) is 0 Å². The minimum Gasteiger partial charge on any atom is -0.334 e. The number of aromatic nitrogens is 1. The molecule has 0 atom stereocenters. The number of nitrogens with zero attached hydrogens (tertiary/aromatic N) is 3. The topological polar surface area (TPSA) is 28.5 Å². The molecule has 0 bridgehead atoms. The van der Waals surface area contributed by atoms with Gasteiger partial charge in [0.25, 0.3) is 0 Å². The second-order valence-electron chi connectivity index (χ2n) is 7.34. The van der Waals surface area contributed by atoms with E-state index in [1.54, 1.807) is 0 Å². The highest BCUT2D eigenvalue weighted by Crippen LogP contribution is 2.33. The van der Waals surface area contributed by atoms with Crippen LogP contribution in [0.1, 0.15) is 57.9 Å². The molecule has 0 saturated heterocycles. The fourth-order valence-electron chi connectivity index (χ4n) is 3.61. The van der Waals surface area contributed by atoms with Crippen molar-refractivity contribution in [3.05, 3.63) is 42.2 Å². The first-order valence-electron chi connectivity index (χ1n) is 9.23. The standard InChI is InChI=1S/C21H29N3/c1-15(2)19-10-11-20(23-19)18-12-13-22-21(14-18)24(4)16(3)17-8-6-5-7-9-17/h11-15,17H,3,5-10H2,1-2,4H3. The Labute approximate surface area is 146 Å². The Morgan fingerprint density at radius 2 is 2.00 bits per heavy atom. The van der Waals surface area contributed by atoms with Gasteiger partial charge in [0.1, 0.15) is 5.82 Å². The quantitative estimate of drug-likeness (QED) is 0.720. The molecule has 2 aliphatic rings. The predicted molar refractivity (Wildman–Crippen MR) is 103 cm³/mol. The lowest BCUT2D eigenvalue weighted by Gasteiger charge is -2.30. The highest BCUT2D eigenvalue weighted by Gasteiger charge is 2.21. The van der Waals surface area contributed by atoms with Crippen molar-refractivity contribution in [3.8, 4) is 0 Å². The first-order chi connectivity index (χ1) is 11.6. The van der Waals surface area contributed by atoms with Crippen molar-refractivity contribution < 1.29 is 0 Å². The lowest BCUT2D eigenvalue weighted by Crippen LogP contribution is -2.24. The van der Waals surface area contributed by atoms with Crippen LogP contribution < -0.4 is 4.90 Å². The molecule has 0 radical (unpaired) electrons. The van der Waals surface area contributed by atoms with Gasteiger partial charge in [0.05, 0.1) is 5.70 Å². The summed E-state index contributed by atoms with van der Waals surface area (Å²) >= 11 is 0. The van der Waals surface area contributed by atoms with E-state index in [1.807, 2.05) is 6.20 Å². The van der Waals surface area contributed by atoms with Crippen LogP contribution in [0.3, 0.4) is 0 Å². The lowest BCUT2D eigenvalue weighted by atomic mass is 9.87. The van der Waals surface area contributed by atoms with E-state index in [1.165, 1.54) is 43.5 Å². The predicted octanol–water partition coefficient (Wildman–Crippen LogP) is 5.45. The number of rotatable bonds is 5. The number of hydrogen-bond acceptors (Lipinski definition) is 3. The normalized spacial score (nSPS) is 18.5. The molecule has 3 rings (SSSR count). The summed E-state index contributed by atoms with van der Waals surface area (Å²) in [5.41, 5.74) is 4.70. The second-order valence-corrected chi connectivity index (χ2v) is 7.34. The van der Waals surface area contributed by atoms with Gasteiger partial charge < -0.3 is 4.90 Å². The summed E-state index contributed by atoms with van der Waals surface area (Å²) in [5.74, 6) is 2.08. The third-order valence-corrected chi connectivity index (χ3v) is 5.33. The number of aliphatic imine (C=N–C) groups is 1. The maximum Gasteiger partial charge on any atom is 0.133 e. The van der Waals surface area contributed by atoms with Crippen molar-refractivity contribution in [1.82, 2.24) is 4.98 Å². The second kappa shape index (κ2) is 7.33. The molecule has 0 aromatic carbocycles. The zero-order chi connectivity index (χ0) is 17.1. The molecule has 24 heavy (non-hydrogen) atoms. The molecule has 128 valence electrons. The van der Waals surface area contributed by atoms with Crippen LogP contribution in [0, 0.1) is 11.8 Å². The molecule has 1 aromatic heterocycles. The first kappa shape index (κ1) is 16.9. The van der Waals surface area contributed by atoms with Gasteiger partial charge in [-0.1, -0.05) is 45.8 Å². The van der Waals surface area contributed by atoms with E-state index in [0.29, 0.717) is 11.8 Å². The van der Waals surface area contributed by atoms with Gasteiger partial charge in [-0.3, -0.25) is 4.99 Å². The van der Waals surface area contributed by atoms with Crippen molar-refractivity contribution in [2.75, 3.05) is 11.9 Å². The van der Waals surface area contributed by atoms with Crippen LogP contribution in [0.15, 0.2) is 41.7 Å². The SMILES string of the molecule is C=C(C1CCCCC1)N(C)c1cc(C2=CCC(C(C)C)=N2)ccn1. The molecule has 1 fully saturated rings. The molecule has 1 saturated carbocycles. The molecular formula is C21H29N3. The summed E-state index contributed by atoms with van der Waals surface area (Å²) in [6, 6.07) is 4.20. The smallest absolute Gasteiger partial charge is 0.133 e. The van der Waals surface area contributed by atoms with Crippen molar-refractivity contribution in [2.24, 2.45) is 16.8 Å². The van der Waals surface area contributed by atoms with Crippen molar-refractivity contribution in [1.29, 1.82) is 0 Å². The van der Waals surface area contributed by atoms with E-state index in [4.69, 9.17) is 4.99 Å². The molecule has 0 N–H and O–H groups in total. The molecule has 1 aliphatic heterocycles. The Morgan fingerprint density at radius 3 is 2.67 bits per heavy atom. The minimum absolute atomic E-state index is 0.508. The molecule has 1 aromatic rings. The van der Waals surface area contributed by atoms with Gasteiger partial charge in [0.2, 0.25) is 0 Å². The van der Waals surface area contributed by atoms with E-state index < -0.39 is 0 Å². The molecule has 0 amide bonds. The van der Waals surface area contributed by atoms with Gasteiger partial charge >= 0.3 is 0 Å². The summed E-state index contributed by atoms with van der Waals surface area (Å²) in [7, 11) is 2.09. The molecule has 1 aliphatic carbocycles. The monoisotopic (exact) mass is 323 g/mol. The Hall–Kier alpha value is -1.90. The Bertz CT molecular complexity index is 663. The lowest BCUT2D eigenvalue weighted by molar-refractivity contribution is 0.398. The molecule has 2 heterocycles. The maximum atomic E-state index is 4.80. The van der Waals surface area contributed by atoms with Crippen LogP contribution in [0.2, 0.25) is 0 Å². The highest BCUT2D eigenvalue weighted by atomic mass is 15.2. The third kappa shape index (κ3) is 3.61. The largest absolute Gasteiger partial charge is 0.334 e. The van der Waals surface area contributed by atoms with Crippen molar-refractivity contribution in [2.45, 2.75) is 52.4 Å². The fraction of sp³-hybridized carbons (Fsp3) is 0.524. The van der Waals surface area contributed by atoms with Crippen LogP contribution in [0.5, 0.6) is 0 Å². The van der Waals surface area contributed by atoms with Crippen molar-refractivity contribution in [3.63, 3.8) is 0 Å². The van der Waals surface area contributed by atoms with Crippen LogP contribution in [0.4, 0.5) is 5.82 Å². The van der Waals surface area contributed by atoms with Gasteiger partial charge in [-0.25, -0.2) is 4.98 Å². The van der Waals surface area contributed by atoms with Crippen LogP contribution >= 0.6 is 0 Å². The summed E-state index contributed by atoms with van der Waals surface area (Å²) in [6.07, 6.45) is 11.6. The van der Waals surface area contributed by atoms with Crippen LogP contribution in [-0.2, 0) is 0 Å². The zero-order valence-electron chi connectivity index (χ0n) is 15.3. The highest BCUT2D eigenvalue weighted by molar-refractivity contribution is 5.97. The Kier molecular flexibility index (Phi) is 5.17. The maximum absolute atomic E-state index is 4.80. The van der Waals surface area contributed by atoms with E-state index in [0.717, 1.165) is 23.5 Å². The van der Waals surface area contributed by atoms with Gasteiger partial charge in [-0.05, 0) is 36.8 Å². The van der Waals surface area contributed by atoms with E-state index >= 15 is 0 Å². The third-order valence-electron chi connectivity index (χ3n) is 5.33. The summed E-state index contributed by atoms with van der Waals surface area (Å²) in [5, 5.41) is 0. The van der Waals surface area contributed by atoms with E-state index in [2.05, 4.69) is 55.6 Å². The number of hydrogen-bond donors (Lipinski definition) is 0. The fourth-order valence-corrected chi connectivity index (χ4v) is 3.61. The van der Waals surface area contributed by atoms with Crippen molar-refractivity contribution >= 4 is 17.2 Å². The van der Waals surface area contributed by atoms with E-state index in [-0.39, 0.29) is 0 Å². The zero-order valence-corrected chi connectivity index (χ0v) is 15.3. The average molecular weight is 323 g/mol. The number of pyridine rings is 1. The van der Waals surface area contributed by atoms with Crippen LogP contribution in [-0.4, -0.2) is 17.7 Å². The Balaban J connectivity index is 1.76. The molecule has 0 spiro atoms. The number of allylic oxidation sites excluding steroid dienone is 2. The minimum atomic E-state index is 0.508. The van der Waals surface area contributed by atoms with E-state index in [9.17, 15) is 0 Å². The summed E-state index contributed by atoms with van der Waals surface area (Å²) < 4.78 is 0. The molecule has 0 unspecified atom stereocenters. The summed E-state index contributed by atoms with van der Waals surface area (Å²) in [6.45, 7) is 8.77. The first-order valence-corrected chi connectivity index (χ1v) is 9.23. The number of anilines is 1. The van der Waals surface area contributed by atoms with Gasteiger partial charge in [0, 0.05) is 36.6 Å². The molecule has 3 nitrogen and oxygen atoms in total. The average Bonchev–Trinajstić information content (AvgIpc) is 3.12. The van der Waals surface area contributed by atoms with Gasteiger partial charge in [-0.2, -0.15) is 0 Å². The Morgan fingerprint density at radius 1 is 1.25 bits per heavy atom. The summed E-state index contributed by atoms with van der Waals surface area (Å²) in [4.78, 5) is 11.5. The van der Waals surface area contributed by atoms with Crippen LogP contribution in [0.25, 0.3) is 5.70 Å². The molecule has 3 heteroatoms. The molecular weight excluding hydrogens is 294 g/mol. The van der Waals surface area contributed by atoms with Gasteiger partial charge in [-0.15, -0.1) is 0 Å².